The number of hydrogen-bond donors (Lipinski definition) is 1. The Kier molecular flexibility index (Phi) is 4.81. The number of likely N-dealkylation sites (tertiary alicyclic amines) is 1. The quantitative estimate of drug-likeness (QED) is 0.889. The molecule has 18 heavy (non-hydrogen) atoms. The molecule has 2 rings (SSSR count). The molecule has 1 aliphatic rings. The van der Waals surface area contributed by atoms with E-state index < -0.39 is 0 Å². The van der Waals surface area contributed by atoms with Gasteiger partial charge in [0.1, 0.15) is 0 Å². The van der Waals surface area contributed by atoms with Gasteiger partial charge in [0.25, 0.3) is 0 Å². The molecular formula is C14H23N3O. The Hall–Kier alpha value is -1.29. The second-order valence-electron chi connectivity index (χ2n) is 4.80. The number of hydrogen-bond acceptors (Lipinski definition) is 4. The van der Waals surface area contributed by atoms with Crippen LogP contribution in [0.4, 0.5) is 5.69 Å². The second kappa shape index (κ2) is 6.59. The second-order valence-corrected chi connectivity index (χ2v) is 4.80. The summed E-state index contributed by atoms with van der Waals surface area (Å²) in [6.07, 6.45) is 5.57. The van der Waals surface area contributed by atoms with Crippen LogP contribution < -0.4 is 10.1 Å². The minimum Gasteiger partial charge on any atom is -0.481 e. The summed E-state index contributed by atoms with van der Waals surface area (Å²) >= 11 is 0. The number of anilines is 1. The van der Waals surface area contributed by atoms with Gasteiger partial charge in [-0.2, -0.15) is 0 Å². The molecule has 4 nitrogen and oxygen atoms in total. The van der Waals surface area contributed by atoms with Gasteiger partial charge in [0.15, 0.2) is 0 Å². The number of aromatic nitrogens is 1. The lowest BCUT2D eigenvalue weighted by Gasteiger charge is -2.19. The Morgan fingerprint density at radius 2 is 2.28 bits per heavy atom. The van der Waals surface area contributed by atoms with Crippen molar-refractivity contribution in [2.75, 3.05) is 32.1 Å². The van der Waals surface area contributed by atoms with Gasteiger partial charge < -0.3 is 15.0 Å². The number of nitrogens with zero attached hydrogens (tertiary/aromatic N) is 2. The van der Waals surface area contributed by atoms with Crippen molar-refractivity contribution in [2.24, 2.45) is 0 Å². The van der Waals surface area contributed by atoms with E-state index in [-0.39, 0.29) is 0 Å². The number of ether oxygens (including phenoxy) is 1. The summed E-state index contributed by atoms with van der Waals surface area (Å²) in [6, 6.07) is 4.50. The molecule has 0 bridgehead atoms. The van der Waals surface area contributed by atoms with Crippen LogP contribution in [0.5, 0.6) is 5.88 Å². The fourth-order valence-electron chi connectivity index (χ4n) is 2.44. The number of pyridine rings is 1. The van der Waals surface area contributed by atoms with Crippen LogP contribution in [0.2, 0.25) is 0 Å². The van der Waals surface area contributed by atoms with Gasteiger partial charge in [-0.3, -0.25) is 0 Å². The van der Waals surface area contributed by atoms with E-state index in [1.165, 1.54) is 32.4 Å². The van der Waals surface area contributed by atoms with Gasteiger partial charge in [0.2, 0.25) is 5.88 Å². The van der Waals surface area contributed by atoms with Crippen molar-refractivity contribution in [1.29, 1.82) is 0 Å². The summed E-state index contributed by atoms with van der Waals surface area (Å²) in [4.78, 5) is 6.74. The summed E-state index contributed by atoms with van der Waals surface area (Å²) in [5.41, 5.74) is 1.09. The Morgan fingerprint density at radius 3 is 2.94 bits per heavy atom. The predicted molar refractivity (Wildman–Crippen MR) is 74.2 cm³/mol. The summed E-state index contributed by atoms with van der Waals surface area (Å²) in [7, 11) is 1.64. The third-order valence-electron chi connectivity index (χ3n) is 3.58. The molecule has 1 unspecified atom stereocenters. The summed E-state index contributed by atoms with van der Waals surface area (Å²) in [5.74, 6) is 0.665. The number of rotatable bonds is 4. The number of nitrogens with one attached hydrogen (secondary N) is 1. The highest BCUT2D eigenvalue weighted by Gasteiger charge is 2.15. The van der Waals surface area contributed by atoms with Crippen molar-refractivity contribution >= 4 is 5.69 Å². The standard InChI is InChI=1S/C14H23N3O/c1-3-17-9-4-5-12(8-10-17)16-13-6-7-14(18-2)15-11-13/h6-7,11-12,16H,3-5,8-10H2,1-2H3. The molecule has 1 N–H and O–H groups in total. The van der Waals surface area contributed by atoms with Gasteiger partial charge in [-0.05, 0) is 38.4 Å². The van der Waals surface area contributed by atoms with E-state index in [0.29, 0.717) is 11.9 Å². The third kappa shape index (κ3) is 3.60. The average Bonchev–Trinajstić information content (AvgIpc) is 2.65. The van der Waals surface area contributed by atoms with Gasteiger partial charge in [-0.1, -0.05) is 6.92 Å². The predicted octanol–water partition coefficient (Wildman–Crippen LogP) is 2.38. The molecule has 1 aromatic heterocycles. The Labute approximate surface area is 109 Å². The van der Waals surface area contributed by atoms with E-state index in [9.17, 15) is 0 Å². The highest BCUT2D eigenvalue weighted by Crippen LogP contribution is 2.17. The van der Waals surface area contributed by atoms with Crippen LogP contribution in [-0.4, -0.2) is 42.7 Å². The van der Waals surface area contributed by atoms with Crippen LogP contribution in [-0.2, 0) is 0 Å². The van der Waals surface area contributed by atoms with Gasteiger partial charge in [-0.15, -0.1) is 0 Å². The van der Waals surface area contributed by atoms with Gasteiger partial charge in [-0.25, -0.2) is 4.98 Å². The molecule has 0 saturated carbocycles. The smallest absolute Gasteiger partial charge is 0.213 e. The van der Waals surface area contributed by atoms with Crippen LogP contribution in [0, 0.1) is 0 Å². The van der Waals surface area contributed by atoms with Crippen LogP contribution in [0.1, 0.15) is 26.2 Å². The van der Waals surface area contributed by atoms with E-state index in [1.54, 1.807) is 7.11 Å². The van der Waals surface area contributed by atoms with E-state index >= 15 is 0 Å². The molecular weight excluding hydrogens is 226 g/mol. The maximum absolute atomic E-state index is 5.06. The SMILES string of the molecule is CCN1CCCC(Nc2ccc(OC)nc2)CC1. The van der Waals surface area contributed by atoms with E-state index in [0.717, 1.165) is 12.2 Å². The summed E-state index contributed by atoms with van der Waals surface area (Å²) in [6.45, 7) is 5.82. The van der Waals surface area contributed by atoms with Crippen LogP contribution in [0.25, 0.3) is 0 Å². The highest BCUT2D eigenvalue weighted by molar-refractivity contribution is 5.42. The molecule has 2 heterocycles. The van der Waals surface area contributed by atoms with Crippen molar-refractivity contribution < 1.29 is 4.74 Å². The first-order valence-electron chi connectivity index (χ1n) is 6.80. The van der Waals surface area contributed by atoms with Gasteiger partial charge in [0, 0.05) is 18.7 Å². The Morgan fingerprint density at radius 1 is 1.39 bits per heavy atom. The summed E-state index contributed by atoms with van der Waals surface area (Å²) in [5, 5.41) is 3.57. The van der Waals surface area contributed by atoms with Crippen LogP contribution >= 0.6 is 0 Å². The third-order valence-corrected chi connectivity index (χ3v) is 3.58. The van der Waals surface area contributed by atoms with Crippen molar-refractivity contribution in [3.63, 3.8) is 0 Å². The maximum Gasteiger partial charge on any atom is 0.213 e. The molecule has 0 aliphatic carbocycles. The van der Waals surface area contributed by atoms with Crippen molar-refractivity contribution in [2.45, 2.75) is 32.2 Å². The Balaban J connectivity index is 1.88. The van der Waals surface area contributed by atoms with Crippen molar-refractivity contribution in [1.82, 2.24) is 9.88 Å². The lowest BCUT2D eigenvalue weighted by molar-refractivity contribution is 0.300. The van der Waals surface area contributed by atoms with Crippen molar-refractivity contribution in [3.8, 4) is 5.88 Å². The first kappa shape index (κ1) is 13.1. The van der Waals surface area contributed by atoms with Crippen LogP contribution in [0.3, 0.4) is 0 Å². The molecule has 0 radical (unpaired) electrons. The van der Waals surface area contributed by atoms with E-state index in [4.69, 9.17) is 4.74 Å². The van der Waals surface area contributed by atoms with Crippen molar-refractivity contribution in [3.05, 3.63) is 18.3 Å². The van der Waals surface area contributed by atoms with Gasteiger partial charge in [0.05, 0.1) is 19.0 Å². The van der Waals surface area contributed by atoms with E-state index in [2.05, 4.69) is 22.1 Å². The molecule has 1 fully saturated rings. The molecule has 1 saturated heterocycles. The molecule has 1 aliphatic heterocycles. The lowest BCUT2D eigenvalue weighted by atomic mass is 10.1. The molecule has 1 atom stereocenters. The average molecular weight is 249 g/mol. The van der Waals surface area contributed by atoms with E-state index in [1.807, 2.05) is 18.3 Å². The summed E-state index contributed by atoms with van der Waals surface area (Å²) < 4.78 is 5.06. The fourth-order valence-corrected chi connectivity index (χ4v) is 2.44. The lowest BCUT2D eigenvalue weighted by Crippen LogP contribution is -2.26. The van der Waals surface area contributed by atoms with Crippen LogP contribution in [0.15, 0.2) is 18.3 Å². The zero-order valence-electron chi connectivity index (χ0n) is 11.4. The monoisotopic (exact) mass is 249 g/mol. The van der Waals surface area contributed by atoms with Gasteiger partial charge >= 0.3 is 0 Å². The molecule has 1 aromatic rings. The minimum atomic E-state index is 0.566. The first-order valence-corrected chi connectivity index (χ1v) is 6.80. The number of methoxy groups -OCH3 is 1. The molecule has 100 valence electrons. The normalized spacial score (nSPS) is 21.3. The fraction of sp³-hybridized carbons (Fsp3) is 0.643. The molecule has 4 heteroatoms. The largest absolute Gasteiger partial charge is 0.481 e. The maximum atomic E-state index is 5.06. The Bertz CT molecular complexity index is 353. The zero-order chi connectivity index (χ0) is 12.8. The first-order chi connectivity index (χ1) is 8.81. The topological polar surface area (TPSA) is 37.4 Å². The molecule has 0 aromatic carbocycles. The molecule has 0 amide bonds. The highest BCUT2D eigenvalue weighted by atomic mass is 16.5. The molecule has 0 spiro atoms. The minimum absolute atomic E-state index is 0.566. The zero-order valence-corrected chi connectivity index (χ0v) is 11.4.